The van der Waals surface area contributed by atoms with Crippen molar-refractivity contribution in [2.45, 2.75) is 31.9 Å². The van der Waals surface area contributed by atoms with E-state index in [0.717, 1.165) is 16.8 Å². The molecular weight excluding hydrogens is 254 g/mol. The Morgan fingerprint density at radius 1 is 1.40 bits per heavy atom. The predicted octanol–water partition coefficient (Wildman–Crippen LogP) is 2.97. The second kappa shape index (κ2) is 4.99. The Bertz CT molecular complexity index is 306. The summed E-state index contributed by atoms with van der Waals surface area (Å²) in [6, 6.07) is 8.51. The number of nitrogens with one attached hydrogen (secondary N) is 1. The number of benzene rings is 1. The fourth-order valence-electron chi connectivity index (χ4n) is 1.92. The zero-order chi connectivity index (χ0) is 10.7. The van der Waals surface area contributed by atoms with Gasteiger partial charge in [0.1, 0.15) is 11.9 Å². The molecular formula is C12H16BrNO. The van der Waals surface area contributed by atoms with Crippen molar-refractivity contribution in [3.05, 3.63) is 28.7 Å². The van der Waals surface area contributed by atoms with Crippen LogP contribution in [0.5, 0.6) is 5.75 Å². The summed E-state index contributed by atoms with van der Waals surface area (Å²) in [5, 5.41) is 3.45. The van der Waals surface area contributed by atoms with E-state index in [-0.39, 0.29) is 6.10 Å². The average Bonchev–Trinajstić information content (AvgIpc) is 2.74. The lowest BCUT2D eigenvalue weighted by Crippen LogP contribution is -2.36. The molecule has 0 radical (unpaired) electrons. The van der Waals surface area contributed by atoms with Crippen molar-refractivity contribution in [1.29, 1.82) is 0 Å². The summed E-state index contributed by atoms with van der Waals surface area (Å²) in [6.07, 6.45) is 2.73. The Hall–Kier alpha value is -0.540. The van der Waals surface area contributed by atoms with Crippen molar-refractivity contribution in [2.75, 3.05) is 6.54 Å². The van der Waals surface area contributed by atoms with Crippen LogP contribution in [0, 0.1) is 0 Å². The molecule has 3 heteroatoms. The van der Waals surface area contributed by atoms with Gasteiger partial charge in [-0.15, -0.1) is 0 Å². The van der Waals surface area contributed by atoms with Crippen molar-refractivity contribution in [2.24, 2.45) is 0 Å². The van der Waals surface area contributed by atoms with Gasteiger partial charge in [0.15, 0.2) is 0 Å². The normalized spacial score (nSPS) is 22.7. The standard InChI is InChI=1S/C12H16BrNO/c1-9(12-3-2-8-14-12)15-11-6-4-10(13)5-7-11/h4-7,9,12,14H,2-3,8H2,1H3. The monoisotopic (exact) mass is 269 g/mol. The highest BCUT2D eigenvalue weighted by Crippen LogP contribution is 2.19. The third kappa shape index (κ3) is 2.95. The summed E-state index contributed by atoms with van der Waals surface area (Å²) < 4.78 is 6.95. The van der Waals surface area contributed by atoms with Crippen LogP contribution in [-0.4, -0.2) is 18.7 Å². The Kier molecular flexibility index (Phi) is 3.65. The minimum atomic E-state index is 0.244. The molecule has 0 bridgehead atoms. The zero-order valence-electron chi connectivity index (χ0n) is 8.87. The van der Waals surface area contributed by atoms with E-state index in [2.05, 4.69) is 28.2 Å². The summed E-state index contributed by atoms with van der Waals surface area (Å²) in [4.78, 5) is 0. The van der Waals surface area contributed by atoms with Gasteiger partial charge in [-0.05, 0) is 50.6 Å². The lowest BCUT2D eigenvalue weighted by molar-refractivity contribution is 0.180. The van der Waals surface area contributed by atoms with Gasteiger partial charge in [0.05, 0.1) is 0 Å². The second-order valence-electron chi connectivity index (χ2n) is 3.98. The van der Waals surface area contributed by atoms with Gasteiger partial charge in [-0.25, -0.2) is 0 Å². The van der Waals surface area contributed by atoms with Gasteiger partial charge >= 0.3 is 0 Å². The predicted molar refractivity (Wildman–Crippen MR) is 65.3 cm³/mol. The molecule has 0 saturated carbocycles. The van der Waals surface area contributed by atoms with Gasteiger partial charge in [-0.3, -0.25) is 0 Å². The minimum Gasteiger partial charge on any atom is -0.489 e. The van der Waals surface area contributed by atoms with Gasteiger partial charge in [0.2, 0.25) is 0 Å². The maximum absolute atomic E-state index is 5.87. The number of halogens is 1. The summed E-state index contributed by atoms with van der Waals surface area (Å²) in [5.41, 5.74) is 0. The number of hydrogen-bond donors (Lipinski definition) is 1. The third-order valence-electron chi connectivity index (χ3n) is 2.80. The molecule has 1 aliphatic rings. The van der Waals surface area contributed by atoms with Crippen LogP contribution in [-0.2, 0) is 0 Å². The zero-order valence-corrected chi connectivity index (χ0v) is 10.5. The highest BCUT2D eigenvalue weighted by molar-refractivity contribution is 9.10. The Labute approximate surface area is 99.1 Å². The Morgan fingerprint density at radius 2 is 2.13 bits per heavy atom. The van der Waals surface area contributed by atoms with Crippen LogP contribution < -0.4 is 10.1 Å². The highest BCUT2D eigenvalue weighted by Gasteiger charge is 2.21. The average molecular weight is 270 g/mol. The summed E-state index contributed by atoms with van der Waals surface area (Å²) >= 11 is 3.41. The van der Waals surface area contributed by atoms with E-state index in [1.54, 1.807) is 0 Å². The van der Waals surface area contributed by atoms with Crippen LogP contribution in [0.2, 0.25) is 0 Å². The van der Waals surface area contributed by atoms with Gasteiger partial charge in [0, 0.05) is 10.5 Å². The molecule has 0 aliphatic carbocycles. The van der Waals surface area contributed by atoms with Crippen molar-refractivity contribution in [3.63, 3.8) is 0 Å². The molecule has 1 N–H and O–H groups in total. The second-order valence-corrected chi connectivity index (χ2v) is 4.90. The van der Waals surface area contributed by atoms with E-state index in [4.69, 9.17) is 4.74 Å². The summed E-state index contributed by atoms with van der Waals surface area (Å²) in [5.74, 6) is 0.944. The van der Waals surface area contributed by atoms with Gasteiger partial charge in [-0.1, -0.05) is 15.9 Å². The molecule has 2 atom stereocenters. The Morgan fingerprint density at radius 3 is 2.73 bits per heavy atom. The molecule has 0 aromatic heterocycles. The molecule has 1 fully saturated rings. The number of hydrogen-bond acceptors (Lipinski definition) is 2. The third-order valence-corrected chi connectivity index (χ3v) is 3.33. The van der Waals surface area contributed by atoms with E-state index in [1.165, 1.54) is 12.8 Å². The SMILES string of the molecule is CC(Oc1ccc(Br)cc1)C1CCCN1. The van der Waals surface area contributed by atoms with Crippen LogP contribution >= 0.6 is 15.9 Å². The molecule has 1 aliphatic heterocycles. The molecule has 1 aromatic carbocycles. The molecule has 0 amide bonds. The van der Waals surface area contributed by atoms with Crippen LogP contribution in [0.25, 0.3) is 0 Å². The van der Waals surface area contributed by atoms with Gasteiger partial charge < -0.3 is 10.1 Å². The largest absolute Gasteiger partial charge is 0.489 e. The van der Waals surface area contributed by atoms with E-state index in [0.29, 0.717) is 6.04 Å². The fourth-order valence-corrected chi connectivity index (χ4v) is 2.19. The first-order valence-corrected chi connectivity index (χ1v) is 6.20. The van der Waals surface area contributed by atoms with E-state index in [9.17, 15) is 0 Å². The summed E-state index contributed by atoms with van der Waals surface area (Å²) in [6.45, 7) is 3.25. The van der Waals surface area contributed by atoms with Crippen molar-refractivity contribution in [1.82, 2.24) is 5.32 Å². The van der Waals surface area contributed by atoms with Crippen molar-refractivity contribution >= 4 is 15.9 Å². The maximum Gasteiger partial charge on any atom is 0.119 e. The molecule has 15 heavy (non-hydrogen) atoms. The smallest absolute Gasteiger partial charge is 0.119 e. The molecule has 0 spiro atoms. The fraction of sp³-hybridized carbons (Fsp3) is 0.500. The molecule has 2 nitrogen and oxygen atoms in total. The lowest BCUT2D eigenvalue weighted by Gasteiger charge is -2.21. The molecule has 82 valence electrons. The van der Waals surface area contributed by atoms with Gasteiger partial charge in [-0.2, -0.15) is 0 Å². The first-order valence-electron chi connectivity index (χ1n) is 5.41. The van der Waals surface area contributed by atoms with Crippen molar-refractivity contribution in [3.8, 4) is 5.75 Å². The lowest BCUT2D eigenvalue weighted by atomic mass is 10.1. The van der Waals surface area contributed by atoms with Gasteiger partial charge in [0.25, 0.3) is 0 Å². The summed E-state index contributed by atoms with van der Waals surface area (Å²) in [7, 11) is 0. The molecule has 1 saturated heterocycles. The maximum atomic E-state index is 5.87. The van der Waals surface area contributed by atoms with Crippen LogP contribution in [0.3, 0.4) is 0 Å². The number of rotatable bonds is 3. The molecule has 2 unspecified atom stereocenters. The topological polar surface area (TPSA) is 21.3 Å². The van der Waals surface area contributed by atoms with Crippen LogP contribution in [0.15, 0.2) is 28.7 Å². The van der Waals surface area contributed by atoms with Crippen LogP contribution in [0.4, 0.5) is 0 Å². The molecule has 2 rings (SSSR count). The number of ether oxygens (including phenoxy) is 1. The minimum absolute atomic E-state index is 0.244. The first-order chi connectivity index (χ1) is 7.25. The first kappa shape index (κ1) is 11.0. The van der Waals surface area contributed by atoms with E-state index in [1.807, 2.05) is 24.3 Å². The van der Waals surface area contributed by atoms with E-state index >= 15 is 0 Å². The van der Waals surface area contributed by atoms with E-state index < -0.39 is 0 Å². The quantitative estimate of drug-likeness (QED) is 0.911. The molecule has 1 heterocycles. The molecule has 1 aromatic rings. The van der Waals surface area contributed by atoms with Crippen LogP contribution in [0.1, 0.15) is 19.8 Å². The Balaban J connectivity index is 1.92. The highest BCUT2D eigenvalue weighted by atomic mass is 79.9. The van der Waals surface area contributed by atoms with Crippen molar-refractivity contribution < 1.29 is 4.74 Å².